The number of rotatable bonds is 2. The van der Waals surface area contributed by atoms with Crippen molar-refractivity contribution in [1.29, 1.82) is 0 Å². The molecule has 0 rings (SSSR count). The molecule has 1 nitrogen and oxygen atoms in total. The maximum atomic E-state index is 8.18. The molecule has 0 bridgehead atoms. The fourth-order valence-corrected chi connectivity index (χ4v) is 0.322. The van der Waals surface area contributed by atoms with Crippen molar-refractivity contribution in [1.82, 2.24) is 0 Å². The number of hydrogen-bond donors (Lipinski definition) is 1. The van der Waals surface area contributed by atoms with E-state index in [1.54, 1.807) is 12.2 Å². The quantitative estimate of drug-likeness (QED) is 0.334. The van der Waals surface area contributed by atoms with Gasteiger partial charge in [-0.2, -0.15) is 0 Å². The van der Waals surface area contributed by atoms with Gasteiger partial charge in [-0.15, -0.1) is 6.42 Å². The first-order chi connectivity index (χ1) is 4.35. The van der Waals surface area contributed by atoms with Crippen molar-refractivity contribution in [2.75, 3.05) is 0 Å². The summed E-state index contributed by atoms with van der Waals surface area (Å²) in [6.45, 7) is 3.46. The molecule has 1 heteroatoms. The van der Waals surface area contributed by atoms with Crippen LogP contribution in [0.4, 0.5) is 0 Å². The van der Waals surface area contributed by atoms with E-state index in [2.05, 4.69) is 12.5 Å². The number of allylic oxidation sites excluding steroid dienone is 4. The maximum Gasteiger partial charge on any atom is 0.0792 e. The summed E-state index contributed by atoms with van der Waals surface area (Å²) >= 11 is 0. The largest absolute Gasteiger partial charge is 0.516 e. The van der Waals surface area contributed by atoms with Crippen LogP contribution in [0.25, 0.3) is 0 Å². The molecule has 0 aliphatic heterocycles. The lowest BCUT2D eigenvalue weighted by Gasteiger charge is -1.81. The van der Waals surface area contributed by atoms with Gasteiger partial charge in [-0.3, -0.25) is 0 Å². The van der Waals surface area contributed by atoms with E-state index in [0.717, 1.165) is 6.26 Å². The second kappa shape index (κ2) is 4.73. The van der Waals surface area contributed by atoms with Gasteiger partial charge < -0.3 is 5.11 Å². The second-order valence-corrected chi connectivity index (χ2v) is 1.31. The summed E-state index contributed by atoms with van der Waals surface area (Å²) in [5.74, 6) is 2.37. The highest BCUT2D eigenvalue weighted by molar-refractivity contribution is 5.37. The standard InChI is InChI=1S/C8H8O/c1-3-8(4-2)6-5-7-9/h1,4-7,9H,2H2/b7-5+,8-6-. The first kappa shape index (κ1) is 7.58. The Kier molecular flexibility index (Phi) is 3.99. The van der Waals surface area contributed by atoms with Crippen molar-refractivity contribution >= 4 is 0 Å². The van der Waals surface area contributed by atoms with Gasteiger partial charge in [0, 0.05) is 5.57 Å². The Morgan fingerprint density at radius 3 is 2.67 bits per heavy atom. The molecule has 0 saturated carbocycles. The lowest BCUT2D eigenvalue weighted by atomic mass is 10.2. The van der Waals surface area contributed by atoms with Gasteiger partial charge in [0.1, 0.15) is 0 Å². The Morgan fingerprint density at radius 2 is 2.33 bits per heavy atom. The van der Waals surface area contributed by atoms with Crippen molar-refractivity contribution in [3.8, 4) is 12.3 Å². The molecule has 0 aliphatic carbocycles. The highest BCUT2D eigenvalue weighted by Gasteiger charge is 1.76. The Hall–Kier alpha value is -1.42. The highest BCUT2D eigenvalue weighted by atomic mass is 16.2. The van der Waals surface area contributed by atoms with Crippen LogP contribution in [0.15, 0.2) is 36.6 Å². The molecular formula is C8H8O. The van der Waals surface area contributed by atoms with Crippen molar-refractivity contribution < 1.29 is 5.11 Å². The maximum absolute atomic E-state index is 8.18. The van der Waals surface area contributed by atoms with Crippen molar-refractivity contribution in [3.05, 3.63) is 36.6 Å². The summed E-state index contributed by atoms with van der Waals surface area (Å²) in [6.07, 6.45) is 10.5. The van der Waals surface area contributed by atoms with Crippen LogP contribution < -0.4 is 0 Å². The molecule has 9 heavy (non-hydrogen) atoms. The number of hydrogen-bond acceptors (Lipinski definition) is 1. The minimum atomic E-state index is 0.653. The molecule has 0 aromatic rings. The first-order valence-electron chi connectivity index (χ1n) is 2.45. The molecule has 0 spiro atoms. The number of aliphatic hydroxyl groups is 1. The van der Waals surface area contributed by atoms with Crippen molar-refractivity contribution in [2.24, 2.45) is 0 Å². The van der Waals surface area contributed by atoms with E-state index >= 15 is 0 Å². The van der Waals surface area contributed by atoms with Crippen molar-refractivity contribution in [3.63, 3.8) is 0 Å². The van der Waals surface area contributed by atoms with Gasteiger partial charge in [0.25, 0.3) is 0 Å². The van der Waals surface area contributed by atoms with E-state index in [1.807, 2.05) is 0 Å². The number of terminal acetylenes is 1. The zero-order valence-corrected chi connectivity index (χ0v) is 5.04. The summed E-state index contributed by atoms with van der Waals surface area (Å²) in [6, 6.07) is 0. The SMILES string of the molecule is C#C/C(C=C)=C/C=C/O. The zero-order chi connectivity index (χ0) is 7.11. The summed E-state index contributed by atoms with van der Waals surface area (Å²) in [5.41, 5.74) is 0.653. The highest BCUT2D eigenvalue weighted by Crippen LogP contribution is 1.91. The van der Waals surface area contributed by atoms with Crippen LogP contribution in [-0.4, -0.2) is 5.11 Å². The third kappa shape index (κ3) is 3.19. The van der Waals surface area contributed by atoms with E-state index in [9.17, 15) is 0 Å². The summed E-state index contributed by atoms with van der Waals surface area (Å²) in [7, 11) is 0. The monoisotopic (exact) mass is 120 g/mol. The van der Waals surface area contributed by atoms with Crippen LogP contribution in [0.3, 0.4) is 0 Å². The van der Waals surface area contributed by atoms with Crippen LogP contribution >= 0.6 is 0 Å². The Morgan fingerprint density at radius 1 is 1.67 bits per heavy atom. The third-order valence-corrected chi connectivity index (χ3v) is 0.748. The summed E-state index contributed by atoms with van der Waals surface area (Å²) < 4.78 is 0. The molecule has 0 aliphatic rings. The topological polar surface area (TPSA) is 20.2 Å². The van der Waals surface area contributed by atoms with Crippen LogP contribution in [0, 0.1) is 12.3 Å². The van der Waals surface area contributed by atoms with Gasteiger partial charge in [-0.1, -0.05) is 18.6 Å². The average molecular weight is 120 g/mol. The average Bonchev–Trinajstić information content (AvgIpc) is 1.91. The molecular weight excluding hydrogens is 112 g/mol. The second-order valence-electron chi connectivity index (χ2n) is 1.31. The summed E-state index contributed by atoms with van der Waals surface area (Å²) in [5, 5.41) is 8.18. The smallest absolute Gasteiger partial charge is 0.0792 e. The predicted molar refractivity (Wildman–Crippen MR) is 38.9 cm³/mol. The molecule has 46 valence electrons. The Bertz CT molecular complexity index is 179. The number of aliphatic hydroxyl groups excluding tert-OH is 1. The van der Waals surface area contributed by atoms with Crippen molar-refractivity contribution in [2.45, 2.75) is 0 Å². The van der Waals surface area contributed by atoms with E-state index in [-0.39, 0.29) is 0 Å². The van der Waals surface area contributed by atoms with Crippen LogP contribution in [0.1, 0.15) is 0 Å². The van der Waals surface area contributed by atoms with Gasteiger partial charge in [-0.05, 0) is 12.2 Å². The summed E-state index contributed by atoms with van der Waals surface area (Å²) in [4.78, 5) is 0. The van der Waals surface area contributed by atoms with Crippen LogP contribution in [-0.2, 0) is 0 Å². The molecule has 0 aromatic carbocycles. The lowest BCUT2D eigenvalue weighted by molar-refractivity contribution is 0.473. The van der Waals surface area contributed by atoms with Gasteiger partial charge in [0.15, 0.2) is 0 Å². The van der Waals surface area contributed by atoms with E-state index in [4.69, 9.17) is 11.5 Å². The Labute approximate surface area is 55.0 Å². The van der Waals surface area contributed by atoms with Gasteiger partial charge in [0.05, 0.1) is 6.26 Å². The predicted octanol–water partition coefficient (Wildman–Crippen LogP) is 1.80. The third-order valence-electron chi connectivity index (χ3n) is 0.748. The minimum absolute atomic E-state index is 0.653. The molecule has 1 N–H and O–H groups in total. The molecule has 0 saturated heterocycles. The van der Waals surface area contributed by atoms with Crippen LogP contribution in [0.2, 0.25) is 0 Å². The lowest BCUT2D eigenvalue weighted by Crippen LogP contribution is -1.65. The molecule has 0 atom stereocenters. The zero-order valence-electron chi connectivity index (χ0n) is 5.04. The van der Waals surface area contributed by atoms with Gasteiger partial charge >= 0.3 is 0 Å². The first-order valence-corrected chi connectivity index (χ1v) is 2.45. The normalized spacial score (nSPS) is 11.2. The molecule has 0 amide bonds. The van der Waals surface area contributed by atoms with Crippen LogP contribution in [0.5, 0.6) is 0 Å². The van der Waals surface area contributed by atoms with Gasteiger partial charge in [-0.25, -0.2) is 0 Å². The molecule has 0 unspecified atom stereocenters. The fraction of sp³-hybridized carbons (Fsp3) is 0. The van der Waals surface area contributed by atoms with E-state index in [1.165, 1.54) is 6.08 Å². The van der Waals surface area contributed by atoms with E-state index in [0.29, 0.717) is 5.57 Å². The van der Waals surface area contributed by atoms with E-state index < -0.39 is 0 Å². The molecule has 0 aromatic heterocycles. The molecule has 0 radical (unpaired) electrons. The minimum Gasteiger partial charge on any atom is -0.516 e. The molecule has 0 fully saturated rings. The molecule has 0 heterocycles. The fourth-order valence-electron chi connectivity index (χ4n) is 0.322. The van der Waals surface area contributed by atoms with Gasteiger partial charge in [0.2, 0.25) is 0 Å². The Balaban J connectivity index is 4.12.